The van der Waals surface area contributed by atoms with Crippen LogP contribution in [0, 0.1) is 0 Å². The highest BCUT2D eigenvalue weighted by molar-refractivity contribution is 7.84. The molecule has 0 saturated carbocycles. The standard InChI is InChI=1S/C12H16N8O10S2/c13-11-17-4(3-31-11)7(19-28-2-6(21)29-15)9(22)18-8-5(1-27-12(14)24)20(10(8)23)32(25,26)30-16/h3,5,8H,1-2H2,15-16H3,(H3-2,13,14,17,18,22,24)/p+3. The molecular formula is C12H19N8O10S2+3. The van der Waals surface area contributed by atoms with Crippen LogP contribution in [0.1, 0.15) is 5.69 Å². The molecule has 18 nitrogen and oxygen atoms in total. The van der Waals surface area contributed by atoms with Crippen molar-refractivity contribution in [2.75, 3.05) is 18.9 Å². The van der Waals surface area contributed by atoms with Crippen LogP contribution in [0.2, 0.25) is 0 Å². The number of β-lactam (4-membered cyclic amide) rings is 1. The summed E-state index contributed by atoms with van der Waals surface area (Å²) in [7, 11) is -4.60. The summed E-state index contributed by atoms with van der Waals surface area (Å²) in [5.41, 5.74) is 7.95. The average molecular weight is 499 g/mol. The van der Waals surface area contributed by atoms with Gasteiger partial charge >= 0.3 is 22.4 Å². The van der Waals surface area contributed by atoms with E-state index in [1.165, 1.54) is 5.38 Å². The van der Waals surface area contributed by atoms with Crippen molar-refractivity contribution >= 4 is 56.4 Å². The van der Waals surface area contributed by atoms with Crippen molar-refractivity contribution in [3.05, 3.63) is 11.1 Å². The number of carbonyl (C=O) groups is 4. The Morgan fingerprint density at radius 2 is 2.03 bits per heavy atom. The van der Waals surface area contributed by atoms with Crippen molar-refractivity contribution < 1.29 is 63.8 Å². The van der Waals surface area contributed by atoms with E-state index >= 15 is 0 Å². The third kappa shape index (κ3) is 5.63. The molecular weight excluding hydrogens is 480 g/mol. The molecule has 0 bridgehead atoms. The van der Waals surface area contributed by atoms with E-state index in [-0.39, 0.29) is 15.1 Å². The molecule has 1 saturated heterocycles. The van der Waals surface area contributed by atoms with Crippen molar-refractivity contribution in [3.8, 4) is 0 Å². The number of aromatic nitrogens is 1. The molecule has 1 aliphatic heterocycles. The predicted molar refractivity (Wildman–Crippen MR) is 97.7 cm³/mol. The Kier molecular flexibility index (Phi) is 7.96. The maximum Gasteiger partial charge on any atom is 0.511 e. The highest BCUT2D eigenvalue weighted by atomic mass is 32.2. The number of rotatable bonds is 10. The van der Waals surface area contributed by atoms with E-state index in [1.807, 2.05) is 0 Å². The number of quaternary nitrogens is 3. The number of carbonyl (C=O) groups excluding carboxylic acids is 4. The molecule has 1 fully saturated rings. The smallest absolute Gasteiger partial charge is 0.418 e. The maximum absolute atomic E-state index is 12.7. The molecule has 1 aromatic rings. The van der Waals surface area contributed by atoms with Crippen LogP contribution in [0.15, 0.2) is 10.5 Å². The maximum atomic E-state index is 12.7. The highest BCUT2D eigenvalue weighted by Gasteiger charge is 2.56. The third-order valence-electron chi connectivity index (χ3n) is 3.74. The first-order valence-electron chi connectivity index (χ1n) is 8.19. The second kappa shape index (κ2) is 10.3. The van der Waals surface area contributed by atoms with Crippen LogP contribution >= 0.6 is 11.3 Å². The van der Waals surface area contributed by atoms with Crippen LogP contribution in [0.3, 0.4) is 0 Å². The van der Waals surface area contributed by atoms with Crippen molar-refractivity contribution in [2.45, 2.75) is 12.1 Å². The first-order valence-corrected chi connectivity index (χ1v) is 10.4. The Hall–Kier alpha value is -3.43. The largest absolute Gasteiger partial charge is 0.511 e. The van der Waals surface area contributed by atoms with Gasteiger partial charge in [0.15, 0.2) is 10.8 Å². The molecule has 2 heterocycles. The molecule has 2 rings (SSSR count). The summed E-state index contributed by atoms with van der Waals surface area (Å²) in [5, 5.41) is 7.15. The molecule has 0 spiro atoms. The molecule has 2 atom stereocenters. The van der Waals surface area contributed by atoms with Gasteiger partial charge in [0.25, 0.3) is 11.8 Å². The molecule has 3 amide bonds. The van der Waals surface area contributed by atoms with E-state index in [4.69, 9.17) is 10.6 Å². The fourth-order valence-corrected chi connectivity index (χ4v) is 3.86. The van der Waals surface area contributed by atoms with Crippen LogP contribution in [0.5, 0.6) is 0 Å². The van der Waals surface area contributed by atoms with Crippen molar-refractivity contribution in [1.82, 2.24) is 14.6 Å². The minimum absolute atomic E-state index is 0.0638. The van der Waals surface area contributed by atoms with Gasteiger partial charge in [-0.25, -0.2) is 14.1 Å². The number of hydrogen-bond acceptors (Lipinski definition) is 14. The van der Waals surface area contributed by atoms with Gasteiger partial charge in [-0.1, -0.05) is 9.44 Å². The topological polar surface area (TPSA) is 289 Å². The average Bonchev–Trinajstić information content (AvgIpc) is 3.17. The van der Waals surface area contributed by atoms with Crippen LogP contribution in [0.25, 0.3) is 0 Å². The van der Waals surface area contributed by atoms with E-state index in [1.54, 1.807) is 0 Å². The molecule has 1 aliphatic rings. The number of thiazole rings is 1. The van der Waals surface area contributed by atoms with Gasteiger partial charge in [-0.15, -0.1) is 11.3 Å². The quantitative estimate of drug-likeness (QED) is 0.114. The minimum atomic E-state index is -4.60. The van der Waals surface area contributed by atoms with Crippen molar-refractivity contribution in [1.29, 1.82) is 0 Å². The molecule has 0 aromatic carbocycles. The zero-order valence-corrected chi connectivity index (χ0v) is 17.7. The Morgan fingerprint density at radius 3 is 2.56 bits per heavy atom. The lowest BCUT2D eigenvalue weighted by molar-refractivity contribution is -0.657. The molecule has 1 aromatic heterocycles. The van der Waals surface area contributed by atoms with Crippen LogP contribution in [-0.4, -0.2) is 72.6 Å². The Labute approximate surface area is 182 Å². The summed E-state index contributed by atoms with van der Waals surface area (Å²) in [6, 6.07) is -2.84. The summed E-state index contributed by atoms with van der Waals surface area (Å²) in [5.74, 6) is 2.59. The minimum Gasteiger partial charge on any atom is -0.418 e. The molecule has 176 valence electrons. The number of nitrogens with two attached hydrogens (primary N) is 1. The summed E-state index contributed by atoms with van der Waals surface area (Å²) in [6.07, 6.45) is -1.01. The van der Waals surface area contributed by atoms with Gasteiger partial charge in [0.2, 0.25) is 6.61 Å². The summed E-state index contributed by atoms with van der Waals surface area (Å²) < 4.78 is 32.8. The molecule has 2 unspecified atom stereocenters. The van der Waals surface area contributed by atoms with Gasteiger partial charge in [-0.3, -0.25) is 20.2 Å². The van der Waals surface area contributed by atoms with Gasteiger partial charge in [-0.05, 0) is 0 Å². The van der Waals surface area contributed by atoms with E-state index in [9.17, 15) is 27.6 Å². The van der Waals surface area contributed by atoms with Gasteiger partial charge in [0, 0.05) is 5.38 Å². The molecule has 12 N–H and O–H groups in total. The number of hydrogen-bond donors (Lipinski definition) is 5. The summed E-state index contributed by atoms with van der Waals surface area (Å²) in [6.45, 7) is -1.33. The van der Waals surface area contributed by atoms with Gasteiger partial charge in [0.05, 0.1) is 0 Å². The number of amides is 3. The fraction of sp³-hybridized carbons (Fsp3) is 0.333. The van der Waals surface area contributed by atoms with Crippen LogP contribution in [-0.2, 0) is 43.4 Å². The Bertz CT molecular complexity index is 1040. The van der Waals surface area contributed by atoms with Crippen LogP contribution < -0.4 is 28.6 Å². The molecule has 0 aliphatic carbocycles. The van der Waals surface area contributed by atoms with Crippen molar-refractivity contribution in [2.24, 2.45) is 5.16 Å². The molecule has 0 radical (unpaired) electrons. The van der Waals surface area contributed by atoms with Crippen LogP contribution in [0.4, 0.5) is 9.93 Å². The monoisotopic (exact) mass is 499 g/mol. The van der Waals surface area contributed by atoms with E-state index < -0.39 is 65.2 Å². The number of nitrogens with one attached hydrogen (secondary N) is 1. The Morgan fingerprint density at radius 1 is 1.34 bits per heavy atom. The number of oxime groups is 1. The zero-order valence-electron chi connectivity index (χ0n) is 16.1. The highest BCUT2D eigenvalue weighted by Crippen LogP contribution is 2.25. The van der Waals surface area contributed by atoms with Crippen molar-refractivity contribution in [3.63, 3.8) is 0 Å². The number of nitrogens with zero attached hydrogens (tertiary/aromatic N) is 3. The lowest BCUT2D eigenvalue weighted by Gasteiger charge is -2.43. The normalized spacial score (nSPS) is 18.5. The van der Waals surface area contributed by atoms with E-state index in [2.05, 4.69) is 46.8 Å². The zero-order chi connectivity index (χ0) is 24.1. The number of nitrogen functional groups attached to an aromatic ring is 1. The first-order chi connectivity index (χ1) is 15.0. The Balaban J connectivity index is 2.25. The first kappa shape index (κ1) is 24.8. The van der Waals surface area contributed by atoms with Gasteiger partial charge < -0.3 is 20.6 Å². The van der Waals surface area contributed by atoms with Gasteiger partial charge in [0.1, 0.15) is 24.4 Å². The van der Waals surface area contributed by atoms with Gasteiger partial charge in [-0.2, -0.15) is 25.0 Å². The lowest BCUT2D eigenvalue weighted by Crippen LogP contribution is -2.75. The van der Waals surface area contributed by atoms with E-state index in [0.29, 0.717) is 0 Å². The lowest BCUT2D eigenvalue weighted by atomic mass is 9.99. The van der Waals surface area contributed by atoms with E-state index in [0.717, 1.165) is 11.3 Å². The fourth-order valence-electron chi connectivity index (χ4n) is 2.35. The summed E-state index contributed by atoms with van der Waals surface area (Å²) in [4.78, 5) is 60.0. The second-order valence-corrected chi connectivity index (χ2v) is 8.09. The molecule has 32 heavy (non-hydrogen) atoms. The SMILES string of the molecule is Nc1nc(C(=NOCC(=O)O[NH3+])C(=O)NC2C(=O)N(S(=O)(=O)O[NH3+])C2COC([NH3+])=O)cs1. The number of ether oxygens (including phenoxy) is 1. The summed E-state index contributed by atoms with van der Waals surface area (Å²) >= 11 is 0.958. The molecule has 20 heteroatoms. The third-order valence-corrected chi connectivity index (χ3v) is 5.64. The second-order valence-electron chi connectivity index (χ2n) is 5.71. The number of anilines is 1. The predicted octanol–water partition coefficient (Wildman–Crippen LogP) is -6.36.